The van der Waals surface area contributed by atoms with Gasteiger partial charge >= 0.3 is 0 Å². The molecule has 0 aromatic heterocycles. The summed E-state index contributed by atoms with van der Waals surface area (Å²) in [5, 5.41) is 26.4. The quantitative estimate of drug-likeness (QED) is 0.492. The number of aliphatic hydroxyl groups excluding tert-OH is 3. The summed E-state index contributed by atoms with van der Waals surface area (Å²) in [6, 6.07) is 0. The van der Waals surface area contributed by atoms with Gasteiger partial charge in [0.05, 0.1) is 12.2 Å². The van der Waals surface area contributed by atoms with Gasteiger partial charge in [-0.1, -0.05) is 12.8 Å². The third-order valence-electron chi connectivity index (χ3n) is 1.71. The van der Waals surface area contributed by atoms with Gasteiger partial charge < -0.3 is 15.3 Å². The van der Waals surface area contributed by atoms with E-state index in [-0.39, 0.29) is 6.61 Å². The van der Waals surface area contributed by atoms with Crippen LogP contribution in [0.2, 0.25) is 0 Å². The SMILES string of the molecule is CC(O)C(O)CCCCCO. The van der Waals surface area contributed by atoms with E-state index in [1.807, 2.05) is 0 Å². The highest BCUT2D eigenvalue weighted by atomic mass is 16.3. The summed E-state index contributed by atoms with van der Waals surface area (Å²) < 4.78 is 0. The van der Waals surface area contributed by atoms with Gasteiger partial charge in [-0.05, 0) is 19.8 Å². The summed E-state index contributed by atoms with van der Waals surface area (Å²) in [4.78, 5) is 0. The van der Waals surface area contributed by atoms with Crippen LogP contribution in [0.3, 0.4) is 0 Å². The molecule has 0 amide bonds. The maximum Gasteiger partial charge on any atom is 0.0796 e. The van der Waals surface area contributed by atoms with E-state index < -0.39 is 12.2 Å². The van der Waals surface area contributed by atoms with E-state index in [1.165, 1.54) is 0 Å². The van der Waals surface area contributed by atoms with Crippen molar-refractivity contribution in [3.05, 3.63) is 0 Å². The van der Waals surface area contributed by atoms with E-state index in [9.17, 15) is 0 Å². The molecule has 0 bridgehead atoms. The lowest BCUT2D eigenvalue weighted by Gasteiger charge is -2.12. The molecule has 0 saturated heterocycles. The zero-order valence-electron chi connectivity index (χ0n) is 7.03. The van der Waals surface area contributed by atoms with Crippen LogP contribution in [0, 0.1) is 0 Å². The minimum atomic E-state index is -0.635. The fourth-order valence-electron chi connectivity index (χ4n) is 0.883. The van der Waals surface area contributed by atoms with E-state index >= 15 is 0 Å². The maximum atomic E-state index is 9.11. The van der Waals surface area contributed by atoms with Crippen LogP contribution in [0.15, 0.2) is 0 Å². The molecule has 0 aliphatic heterocycles. The van der Waals surface area contributed by atoms with Crippen molar-refractivity contribution < 1.29 is 15.3 Å². The molecular weight excluding hydrogens is 144 g/mol. The largest absolute Gasteiger partial charge is 0.396 e. The first kappa shape index (κ1) is 10.9. The van der Waals surface area contributed by atoms with Crippen LogP contribution in [0.5, 0.6) is 0 Å². The third kappa shape index (κ3) is 6.28. The van der Waals surface area contributed by atoms with E-state index in [1.54, 1.807) is 6.92 Å². The van der Waals surface area contributed by atoms with Crippen molar-refractivity contribution in [2.45, 2.75) is 44.8 Å². The minimum absolute atomic E-state index is 0.213. The zero-order chi connectivity index (χ0) is 8.69. The Hall–Kier alpha value is -0.120. The van der Waals surface area contributed by atoms with Crippen LogP contribution in [0.1, 0.15) is 32.6 Å². The molecular formula is C8H18O3. The van der Waals surface area contributed by atoms with Crippen molar-refractivity contribution in [3.63, 3.8) is 0 Å². The first-order chi connectivity index (χ1) is 5.18. The Morgan fingerprint density at radius 2 is 1.73 bits per heavy atom. The molecule has 3 nitrogen and oxygen atoms in total. The molecule has 0 aliphatic rings. The van der Waals surface area contributed by atoms with Crippen molar-refractivity contribution in [2.24, 2.45) is 0 Å². The molecule has 68 valence electrons. The summed E-state index contributed by atoms with van der Waals surface area (Å²) >= 11 is 0. The molecule has 0 spiro atoms. The van der Waals surface area contributed by atoms with Gasteiger partial charge in [-0.15, -0.1) is 0 Å². The van der Waals surface area contributed by atoms with Gasteiger partial charge in [-0.3, -0.25) is 0 Å². The van der Waals surface area contributed by atoms with Crippen LogP contribution < -0.4 is 0 Å². The van der Waals surface area contributed by atoms with Crippen molar-refractivity contribution in [3.8, 4) is 0 Å². The molecule has 0 fully saturated rings. The van der Waals surface area contributed by atoms with Gasteiger partial charge in [0, 0.05) is 6.61 Å². The number of unbranched alkanes of at least 4 members (excludes halogenated alkanes) is 2. The van der Waals surface area contributed by atoms with Gasteiger partial charge in [-0.2, -0.15) is 0 Å². The highest BCUT2D eigenvalue weighted by molar-refractivity contribution is 4.61. The molecule has 11 heavy (non-hydrogen) atoms. The molecule has 3 heteroatoms. The zero-order valence-corrected chi connectivity index (χ0v) is 7.03. The van der Waals surface area contributed by atoms with Crippen molar-refractivity contribution in [1.82, 2.24) is 0 Å². The molecule has 0 aromatic rings. The molecule has 2 atom stereocenters. The Morgan fingerprint density at radius 3 is 2.18 bits per heavy atom. The van der Waals surface area contributed by atoms with Crippen molar-refractivity contribution in [2.75, 3.05) is 6.61 Å². The number of hydrogen-bond acceptors (Lipinski definition) is 3. The second-order valence-corrected chi connectivity index (χ2v) is 2.88. The topological polar surface area (TPSA) is 60.7 Å². The average molecular weight is 162 g/mol. The predicted octanol–water partition coefficient (Wildman–Crippen LogP) is 0.281. The second kappa shape index (κ2) is 6.58. The van der Waals surface area contributed by atoms with Gasteiger partial charge in [0.1, 0.15) is 0 Å². The Balaban J connectivity index is 3.10. The maximum absolute atomic E-state index is 9.11. The molecule has 0 saturated carbocycles. The van der Waals surface area contributed by atoms with Gasteiger partial charge in [0.2, 0.25) is 0 Å². The summed E-state index contributed by atoms with van der Waals surface area (Å²) in [5.74, 6) is 0. The highest BCUT2D eigenvalue weighted by Crippen LogP contribution is 2.05. The molecule has 0 rings (SSSR count). The summed E-state index contributed by atoms with van der Waals surface area (Å²) in [7, 11) is 0. The van der Waals surface area contributed by atoms with E-state index in [4.69, 9.17) is 15.3 Å². The number of rotatable bonds is 6. The summed E-state index contributed by atoms with van der Waals surface area (Å²) in [5.41, 5.74) is 0. The average Bonchev–Trinajstić information content (AvgIpc) is 1.97. The van der Waals surface area contributed by atoms with Crippen molar-refractivity contribution >= 4 is 0 Å². The monoisotopic (exact) mass is 162 g/mol. The molecule has 0 heterocycles. The third-order valence-corrected chi connectivity index (χ3v) is 1.71. The molecule has 2 unspecified atom stereocenters. The standard InChI is InChI=1S/C8H18O3/c1-7(10)8(11)5-3-2-4-6-9/h7-11H,2-6H2,1H3. The fourth-order valence-corrected chi connectivity index (χ4v) is 0.883. The lowest BCUT2D eigenvalue weighted by molar-refractivity contribution is 0.0245. The second-order valence-electron chi connectivity index (χ2n) is 2.88. The molecule has 0 aliphatic carbocycles. The Labute approximate surface area is 67.7 Å². The first-order valence-electron chi connectivity index (χ1n) is 4.15. The first-order valence-corrected chi connectivity index (χ1v) is 4.15. The molecule has 0 radical (unpaired) electrons. The van der Waals surface area contributed by atoms with Crippen LogP contribution in [-0.4, -0.2) is 34.1 Å². The Morgan fingerprint density at radius 1 is 1.09 bits per heavy atom. The van der Waals surface area contributed by atoms with Crippen LogP contribution in [0.25, 0.3) is 0 Å². The minimum Gasteiger partial charge on any atom is -0.396 e. The summed E-state index contributed by atoms with van der Waals surface area (Å²) in [6.45, 7) is 1.79. The smallest absolute Gasteiger partial charge is 0.0796 e. The van der Waals surface area contributed by atoms with Gasteiger partial charge in [-0.25, -0.2) is 0 Å². The predicted molar refractivity (Wildman–Crippen MR) is 43.2 cm³/mol. The van der Waals surface area contributed by atoms with Gasteiger partial charge in [0.25, 0.3) is 0 Å². The van der Waals surface area contributed by atoms with Crippen molar-refractivity contribution in [1.29, 1.82) is 0 Å². The van der Waals surface area contributed by atoms with Gasteiger partial charge in [0.15, 0.2) is 0 Å². The lowest BCUT2D eigenvalue weighted by Crippen LogP contribution is -2.21. The molecule has 0 aromatic carbocycles. The summed E-state index contributed by atoms with van der Waals surface area (Å²) in [6.07, 6.45) is 1.95. The van der Waals surface area contributed by atoms with Crippen LogP contribution in [-0.2, 0) is 0 Å². The van der Waals surface area contributed by atoms with Crippen LogP contribution in [0.4, 0.5) is 0 Å². The lowest BCUT2D eigenvalue weighted by atomic mass is 10.1. The fraction of sp³-hybridized carbons (Fsp3) is 1.00. The Bertz CT molecular complexity index is 83.4. The Kier molecular flexibility index (Phi) is 6.51. The normalized spacial score (nSPS) is 16.4. The van der Waals surface area contributed by atoms with E-state index in [2.05, 4.69) is 0 Å². The van der Waals surface area contributed by atoms with Crippen LogP contribution >= 0.6 is 0 Å². The van der Waals surface area contributed by atoms with E-state index in [0.29, 0.717) is 6.42 Å². The number of aliphatic hydroxyl groups is 3. The molecule has 3 N–H and O–H groups in total. The highest BCUT2D eigenvalue weighted by Gasteiger charge is 2.08. The van der Waals surface area contributed by atoms with E-state index in [0.717, 1.165) is 19.3 Å². The number of hydrogen-bond donors (Lipinski definition) is 3.